The smallest absolute Gasteiger partial charge is 0.155 e. The van der Waals surface area contributed by atoms with Crippen LogP contribution in [0.3, 0.4) is 0 Å². The fourth-order valence-electron chi connectivity index (χ4n) is 1.97. The summed E-state index contributed by atoms with van der Waals surface area (Å²) in [5, 5.41) is 0. The second-order valence-corrected chi connectivity index (χ2v) is 5.22. The molecule has 1 nitrogen and oxygen atoms in total. The molecule has 0 fully saturated rings. The zero-order valence-electron chi connectivity index (χ0n) is 13.0. The SMILES string of the molecule is CCC/C=C\CC/C=C/C(=O)CCCCCCCC. The number of rotatable bonds is 13. The lowest BCUT2D eigenvalue weighted by molar-refractivity contribution is -0.114. The Morgan fingerprint density at radius 3 is 2.11 bits per heavy atom. The van der Waals surface area contributed by atoms with Gasteiger partial charge >= 0.3 is 0 Å². The topological polar surface area (TPSA) is 17.1 Å². The number of ketones is 1. The van der Waals surface area contributed by atoms with Crippen LogP contribution < -0.4 is 0 Å². The van der Waals surface area contributed by atoms with Gasteiger partial charge in [0.1, 0.15) is 0 Å². The molecule has 0 aromatic carbocycles. The van der Waals surface area contributed by atoms with Gasteiger partial charge in [-0.2, -0.15) is 0 Å². The quantitative estimate of drug-likeness (QED) is 0.226. The highest BCUT2D eigenvalue weighted by Crippen LogP contribution is 2.07. The predicted octanol–water partition coefficient (Wildman–Crippen LogP) is 6.00. The van der Waals surface area contributed by atoms with Crippen LogP contribution in [0.4, 0.5) is 0 Å². The van der Waals surface area contributed by atoms with Crippen LogP contribution in [-0.2, 0) is 4.79 Å². The highest BCUT2D eigenvalue weighted by Gasteiger charge is 1.96. The van der Waals surface area contributed by atoms with Gasteiger partial charge in [0, 0.05) is 6.42 Å². The van der Waals surface area contributed by atoms with Crippen molar-refractivity contribution in [3.63, 3.8) is 0 Å². The van der Waals surface area contributed by atoms with Crippen molar-refractivity contribution in [2.75, 3.05) is 0 Å². The van der Waals surface area contributed by atoms with Crippen LogP contribution >= 0.6 is 0 Å². The van der Waals surface area contributed by atoms with Crippen LogP contribution in [-0.4, -0.2) is 5.78 Å². The average molecular weight is 264 g/mol. The van der Waals surface area contributed by atoms with E-state index in [9.17, 15) is 4.79 Å². The molecule has 1 heteroatoms. The van der Waals surface area contributed by atoms with E-state index in [0.29, 0.717) is 5.78 Å². The summed E-state index contributed by atoms with van der Waals surface area (Å²) in [6, 6.07) is 0. The largest absolute Gasteiger partial charge is 0.295 e. The molecular formula is C18H32O. The van der Waals surface area contributed by atoms with Crippen molar-refractivity contribution in [1.29, 1.82) is 0 Å². The van der Waals surface area contributed by atoms with Crippen molar-refractivity contribution in [2.24, 2.45) is 0 Å². The summed E-state index contributed by atoms with van der Waals surface area (Å²) in [4.78, 5) is 11.6. The summed E-state index contributed by atoms with van der Waals surface area (Å²) in [5.41, 5.74) is 0. The number of allylic oxidation sites excluding steroid dienone is 4. The molecule has 0 amide bonds. The maximum Gasteiger partial charge on any atom is 0.155 e. The molecule has 0 aliphatic rings. The molecule has 0 N–H and O–H groups in total. The van der Waals surface area contributed by atoms with Crippen LogP contribution in [0.15, 0.2) is 24.3 Å². The lowest BCUT2D eigenvalue weighted by atomic mass is 10.1. The first-order valence-electron chi connectivity index (χ1n) is 8.15. The van der Waals surface area contributed by atoms with E-state index in [2.05, 4.69) is 26.0 Å². The van der Waals surface area contributed by atoms with Crippen molar-refractivity contribution in [3.05, 3.63) is 24.3 Å². The van der Waals surface area contributed by atoms with E-state index < -0.39 is 0 Å². The second kappa shape index (κ2) is 15.2. The number of hydrogen-bond acceptors (Lipinski definition) is 1. The van der Waals surface area contributed by atoms with E-state index in [-0.39, 0.29) is 0 Å². The van der Waals surface area contributed by atoms with E-state index in [1.54, 1.807) is 6.08 Å². The van der Waals surface area contributed by atoms with Crippen molar-refractivity contribution in [1.82, 2.24) is 0 Å². The predicted molar refractivity (Wildman–Crippen MR) is 85.4 cm³/mol. The van der Waals surface area contributed by atoms with Gasteiger partial charge < -0.3 is 0 Å². The highest BCUT2D eigenvalue weighted by molar-refractivity contribution is 5.89. The highest BCUT2D eigenvalue weighted by atomic mass is 16.1. The lowest BCUT2D eigenvalue weighted by Gasteiger charge is -1.98. The van der Waals surface area contributed by atoms with Gasteiger partial charge in [0.05, 0.1) is 0 Å². The van der Waals surface area contributed by atoms with Crippen LogP contribution in [0.1, 0.15) is 84.5 Å². The van der Waals surface area contributed by atoms with Gasteiger partial charge in [-0.05, 0) is 31.8 Å². The molecule has 0 aromatic rings. The maximum absolute atomic E-state index is 11.6. The Bertz CT molecular complexity index is 250. The normalized spacial score (nSPS) is 11.7. The molecule has 0 heterocycles. The first-order chi connectivity index (χ1) is 9.31. The fraction of sp³-hybridized carbons (Fsp3) is 0.722. The van der Waals surface area contributed by atoms with E-state index in [4.69, 9.17) is 0 Å². The summed E-state index contributed by atoms with van der Waals surface area (Å²) in [7, 11) is 0. The molecule has 0 unspecified atom stereocenters. The average Bonchev–Trinajstić information content (AvgIpc) is 2.41. The van der Waals surface area contributed by atoms with Gasteiger partial charge in [-0.1, -0.05) is 70.6 Å². The van der Waals surface area contributed by atoms with E-state index >= 15 is 0 Å². The zero-order chi connectivity index (χ0) is 14.2. The minimum Gasteiger partial charge on any atom is -0.295 e. The third kappa shape index (κ3) is 15.1. The van der Waals surface area contributed by atoms with Gasteiger partial charge in [-0.25, -0.2) is 0 Å². The minimum absolute atomic E-state index is 0.299. The van der Waals surface area contributed by atoms with E-state index in [1.807, 2.05) is 6.08 Å². The third-order valence-corrected chi connectivity index (χ3v) is 3.20. The Morgan fingerprint density at radius 2 is 1.37 bits per heavy atom. The lowest BCUT2D eigenvalue weighted by Crippen LogP contribution is -1.92. The molecule has 0 bridgehead atoms. The molecule has 0 spiro atoms. The molecule has 0 saturated heterocycles. The first-order valence-corrected chi connectivity index (χ1v) is 8.15. The summed E-state index contributed by atoms with van der Waals surface area (Å²) < 4.78 is 0. The molecule has 0 radical (unpaired) electrons. The summed E-state index contributed by atoms with van der Waals surface area (Å²) >= 11 is 0. The number of carbonyl (C=O) groups is 1. The van der Waals surface area contributed by atoms with Gasteiger partial charge in [0.2, 0.25) is 0 Å². The standard InChI is InChI=1S/C18H32O/c1-3-5-7-9-11-13-15-17-18(19)16-14-12-10-8-6-4-2/h7,9,15,17H,3-6,8,10-14,16H2,1-2H3/b9-7-,17-15+. The second-order valence-electron chi connectivity index (χ2n) is 5.22. The van der Waals surface area contributed by atoms with Crippen molar-refractivity contribution in [2.45, 2.75) is 84.5 Å². The Kier molecular flexibility index (Phi) is 14.5. The number of carbonyl (C=O) groups excluding carboxylic acids is 1. The van der Waals surface area contributed by atoms with Crippen LogP contribution in [0.5, 0.6) is 0 Å². The maximum atomic E-state index is 11.6. The molecule has 0 aromatic heterocycles. The van der Waals surface area contributed by atoms with Crippen molar-refractivity contribution >= 4 is 5.78 Å². The Hall–Kier alpha value is -0.850. The van der Waals surface area contributed by atoms with Gasteiger partial charge in [0.15, 0.2) is 5.78 Å². The Morgan fingerprint density at radius 1 is 0.737 bits per heavy atom. The minimum atomic E-state index is 0.299. The molecular weight excluding hydrogens is 232 g/mol. The molecule has 0 atom stereocenters. The Labute approximate surface area is 120 Å². The van der Waals surface area contributed by atoms with Crippen LogP contribution in [0, 0.1) is 0 Å². The fourth-order valence-corrected chi connectivity index (χ4v) is 1.97. The monoisotopic (exact) mass is 264 g/mol. The summed E-state index contributed by atoms with van der Waals surface area (Å²) in [5.74, 6) is 0.299. The van der Waals surface area contributed by atoms with E-state index in [1.165, 1.54) is 44.9 Å². The molecule has 0 aliphatic heterocycles. The van der Waals surface area contributed by atoms with Crippen LogP contribution in [0.2, 0.25) is 0 Å². The van der Waals surface area contributed by atoms with E-state index in [0.717, 1.165) is 25.7 Å². The molecule has 19 heavy (non-hydrogen) atoms. The first kappa shape index (κ1) is 18.1. The molecule has 0 rings (SSSR count). The van der Waals surface area contributed by atoms with Gasteiger partial charge in [-0.15, -0.1) is 0 Å². The van der Waals surface area contributed by atoms with Gasteiger partial charge in [-0.3, -0.25) is 4.79 Å². The zero-order valence-corrected chi connectivity index (χ0v) is 13.0. The molecule has 110 valence electrons. The Balaban J connectivity index is 3.37. The van der Waals surface area contributed by atoms with Crippen LogP contribution in [0.25, 0.3) is 0 Å². The molecule has 0 saturated carbocycles. The summed E-state index contributed by atoms with van der Waals surface area (Å²) in [6.07, 6.45) is 20.9. The molecule has 0 aliphatic carbocycles. The summed E-state index contributed by atoms with van der Waals surface area (Å²) in [6.45, 7) is 4.41. The third-order valence-electron chi connectivity index (χ3n) is 3.20. The van der Waals surface area contributed by atoms with Crippen molar-refractivity contribution < 1.29 is 4.79 Å². The van der Waals surface area contributed by atoms with Crippen molar-refractivity contribution in [3.8, 4) is 0 Å². The van der Waals surface area contributed by atoms with Gasteiger partial charge in [0.25, 0.3) is 0 Å². The number of hydrogen-bond donors (Lipinski definition) is 0. The number of unbranched alkanes of at least 4 members (excludes halogenated alkanes) is 7.